The number of benzene rings is 1. The van der Waals surface area contributed by atoms with Gasteiger partial charge in [0, 0.05) is 54.6 Å². The Balaban J connectivity index is 1.44. The van der Waals surface area contributed by atoms with Crippen LogP contribution in [0.25, 0.3) is 27.8 Å². The van der Waals surface area contributed by atoms with Crippen LogP contribution < -0.4 is 5.56 Å². The van der Waals surface area contributed by atoms with Crippen molar-refractivity contribution in [3.63, 3.8) is 0 Å². The molecule has 0 N–H and O–H groups in total. The molecule has 1 aromatic carbocycles. The van der Waals surface area contributed by atoms with Crippen molar-refractivity contribution in [3.8, 4) is 16.9 Å². The van der Waals surface area contributed by atoms with Gasteiger partial charge in [-0.05, 0) is 68.2 Å². The molecule has 5 nitrogen and oxygen atoms in total. The average molecular weight is 411 g/mol. The summed E-state index contributed by atoms with van der Waals surface area (Å²) in [7, 11) is 2.19. The Morgan fingerprint density at radius 2 is 1.87 bits per heavy atom. The Morgan fingerprint density at radius 3 is 2.61 bits per heavy atom. The lowest BCUT2D eigenvalue weighted by molar-refractivity contribution is 0.220. The van der Waals surface area contributed by atoms with E-state index >= 15 is 0 Å². The number of hydrogen-bond donors (Lipinski definition) is 0. The summed E-state index contributed by atoms with van der Waals surface area (Å²) in [4.78, 5) is 20.0. The Bertz CT molecular complexity index is 1350. The van der Waals surface area contributed by atoms with Crippen LogP contribution in [0.3, 0.4) is 0 Å². The Morgan fingerprint density at radius 1 is 1.03 bits per heavy atom. The molecule has 3 aliphatic rings. The molecule has 1 fully saturated rings. The highest BCUT2D eigenvalue weighted by molar-refractivity contribution is 5.87. The van der Waals surface area contributed by atoms with Gasteiger partial charge in [0.2, 0.25) is 0 Å². The highest BCUT2D eigenvalue weighted by atomic mass is 16.1. The van der Waals surface area contributed by atoms with Gasteiger partial charge in [0.1, 0.15) is 0 Å². The highest BCUT2D eigenvalue weighted by Gasteiger charge is 2.31. The number of rotatable bonds is 2. The van der Waals surface area contributed by atoms with Gasteiger partial charge in [-0.1, -0.05) is 12.1 Å². The Hall–Kier alpha value is -3.18. The van der Waals surface area contributed by atoms with Crippen LogP contribution in [-0.4, -0.2) is 32.1 Å². The minimum absolute atomic E-state index is 0.0415. The van der Waals surface area contributed by atoms with Crippen LogP contribution in [0.2, 0.25) is 0 Å². The molecule has 156 valence electrons. The van der Waals surface area contributed by atoms with Crippen molar-refractivity contribution < 1.29 is 0 Å². The number of hydrogen-bond acceptors (Lipinski definition) is 3. The van der Waals surface area contributed by atoms with Crippen molar-refractivity contribution in [2.45, 2.75) is 32.2 Å². The molecule has 3 aromatic heterocycles. The molecule has 1 saturated heterocycles. The van der Waals surface area contributed by atoms with Gasteiger partial charge in [0.05, 0.1) is 16.9 Å². The van der Waals surface area contributed by atoms with E-state index < -0.39 is 0 Å². The molecule has 0 saturated carbocycles. The van der Waals surface area contributed by atoms with Crippen LogP contribution in [0.5, 0.6) is 0 Å². The first-order valence-electron chi connectivity index (χ1n) is 11.1. The zero-order chi connectivity index (χ0) is 21.1. The SMILES string of the molecule is Cc1ccc(-c2ccn(-c3ccc4c5c(n(C)c4c3)C3CCN(CC3)C5)c(=O)c2)nc1. The fraction of sp³-hybridized carbons (Fsp3) is 0.308. The molecule has 0 radical (unpaired) electrons. The summed E-state index contributed by atoms with van der Waals surface area (Å²) in [6.45, 7) is 5.46. The van der Waals surface area contributed by atoms with E-state index in [-0.39, 0.29) is 5.56 Å². The second kappa shape index (κ2) is 6.92. The van der Waals surface area contributed by atoms with Gasteiger partial charge in [0.15, 0.2) is 0 Å². The van der Waals surface area contributed by atoms with Gasteiger partial charge in [-0.3, -0.25) is 19.2 Å². The van der Waals surface area contributed by atoms with Crippen molar-refractivity contribution in [2.75, 3.05) is 13.1 Å². The number of fused-ring (bicyclic) bond motifs is 3. The van der Waals surface area contributed by atoms with Crippen LogP contribution in [0.15, 0.2) is 59.7 Å². The van der Waals surface area contributed by atoms with Crippen LogP contribution in [0, 0.1) is 6.92 Å². The summed E-state index contributed by atoms with van der Waals surface area (Å²) in [6.07, 6.45) is 6.19. The van der Waals surface area contributed by atoms with Crippen LogP contribution in [-0.2, 0) is 13.6 Å². The largest absolute Gasteiger partial charge is 0.347 e. The van der Waals surface area contributed by atoms with Crippen molar-refractivity contribution in [3.05, 3.63) is 82.0 Å². The summed E-state index contributed by atoms with van der Waals surface area (Å²) in [6, 6.07) is 14.1. The van der Waals surface area contributed by atoms with E-state index in [2.05, 4.69) is 39.7 Å². The lowest BCUT2D eigenvalue weighted by Crippen LogP contribution is -2.29. The lowest BCUT2D eigenvalue weighted by atomic mass is 9.94. The molecule has 0 aliphatic carbocycles. The smallest absolute Gasteiger partial charge is 0.255 e. The number of aromatic nitrogens is 3. The fourth-order valence-electron chi connectivity index (χ4n) is 5.44. The molecule has 4 aromatic rings. The van der Waals surface area contributed by atoms with E-state index in [1.54, 1.807) is 10.6 Å². The predicted molar refractivity (Wildman–Crippen MR) is 124 cm³/mol. The minimum atomic E-state index is -0.0415. The standard InChI is InChI=1S/C26H26N4O/c1-17-3-6-23(27-15-17)19-9-12-30(25(31)13-19)20-4-5-21-22-16-29-10-7-18(8-11-29)26(22)28(2)24(21)14-20/h3-6,9,12-15,18H,7-8,10-11,16H2,1-2H3. The van der Waals surface area contributed by atoms with Crippen LogP contribution in [0.1, 0.15) is 35.6 Å². The maximum Gasteiger partial charge on any atom is 0.255 e. The third-order valence-electron chi connectivity index (χ3n) is 7.10. The van der Waals surface area contributed by atoms with Crippen LogP contribution in [0.4, 0.5) is 0 Å². The monoisotopic (exact) mass is 410 g/mol. The Labute approximate surface area is 181 Å². The maximum atomic E-state index is 13.0. The number of pyridine rings is 2. The molecule has 31 heavy (non-hydrogen) atoms. The van der Waals surface area contributed by atoms with E-state index in [0.29, 0.717) is 5.92 Å². The predicted octanol–water partition coefficient (Wildman–Crippen LogP) is 4.39. The maximum absolute atomic E-state index is 13.0. The fourth-order valence-corrected chi connectivity index (χ4v) is 5.44. The van der Waals surface area contributed by atoms with Crippen LogP contribution >= 0.6 is 0 Å². The molecule has 0 atom stereocenters. The first-order chi connectivity index (χ1) is 15.1. The number of nitrogens with zero attached hydrogens (tertiary/aromatic N) is 4. The molecule has 0 spiro atoms. The summed E-state index contributed by atoms with van der Waals surface area (Å²) < 4.78 is 4.11. The topological polar surface area (TPSA) is 43.1 Å². The quantitative estimate of drug-likeness (QED) is 0.492. The molecule has 2 bridgehead atoms. The van der Waals surface area contributed by atoms with Crippen molar-refractivity contribution in [1.82, 2.24) is 19.0 Å². The summed E-state index contributed by atoms with van der Waals surface area (Å²) in [5, 5.41) is 1.33. The average Bonchev–Trinajstić information content (AvgIpc) is 2.93. The third kappa shape index (κ3) is 2.95. The zero-order valence-corrected chi connectivity index (χ0v) is 18.0. The van der Waals surface area contributed by atoms with E-state index in [4.69, 9.17) is 0 Å². The summed E-state index contributed by atoms with van der Waals surface area (Å²) in [5.41, 5.74) is 7.84. The molecule has 0 unspecified atom stereocenters. The molecular formula is C26H26N4O. The van der Waals surface area contributed by atoms with Gasteiger partial charge in [0.25, 0.3) is 5.56 Å². The second-order valence-electron chi connectivity index (χ2n) is 9.02. The molecule has 0 amide bonds. The zero-order valence-electron chi connectivity index (χ0n) is 18.0. The molecule has 3 aliphatic heterocycles. The molecule has 5 heteroatoms. The second-order valence-corrected chi connectivity index (χ2v) is 9.02. The van der Waals surface area contributed by atoms with Gasteiger partial charge >= 0.3 is 0 Å². The third-order valence-corrected chi connectivity index (χ3v) is 7.10. The summed E-state index contributed by atoms with van der Waals surface area (Å²) in [5.74, 6) is 0.651. The lowest BCUT2D eigenvalue weighted by Gasteiger charge is -2.27. The van der Waals surface area contributed by atoms with E-state index in [1.807, 2.05) is 37.5 Å². The normalized spacial score (nSPS) is 20.1. The van der Waals surface area contributed by atoms with Crippen molar-refractivity contribution in [2.24, 2.45) is 7.05 Å². The Kier molecular flexibility index (Phi) is 4.15. The first-order valence-corrected chi connectivity index (χ1v) is 11.1. The van der Waals surface area contributed by atoms with E-state index in [9.17, 15) is 4.79 Å². The minimum Gasteiger partial charge on any atom is -0.347 e. The van der Waals surface area contributed by atoms with Gasteiger partial charge in [-0.25, -0.2) is 0 Å². The first kappa shape index (κ1) is 18.6. The van der Waals surface area contributed by atoms with Gasteiger partial charge < -0.3 is 4.57 Å². The van der Waals surface area contributed by atoms with Gasteiger partial charge in [-0.2, -0.15) is 0 Å². The molecule has 7 rings (SSSR count). The number of piperidine rings is 1. The highest BCUT2D eigenvalue weighted by Crippen LogP contribution is 2.40. The molecular weight excluding hydrogens is 384 g/mol. The van der Waals surface area contributed by atoms with E-state index in [1.165, 1.54) is 48.1 Å². The van der Waals surface area contributed by atoms with Crippen molar-refractivity contribution in [1.29, 1.82) is 0 Å². The van der Waals surface area contributed by atoms with Crippen molar-refractivity contribution >= 4 is 10.9 Å². The van der Waals surface area contributed by atoms with Gasteiger partial charge in [-0.15, -0.1) is 0 Å². The molecule has 6 heterocycles. The van der Waals surface area contributed by atoms with E-state index in [0.717, 1.165) is 29.1 Å². The number of aryl methyl sites for hydroxylation is 2. The summed E-state index contributed by atoms with van der Waals surface area (Å²) >= 11 is 0.